The summed E-state index contributed by atoms with van der Waals surface area (Å²) in [6, 6.07) is 1.88. The molecule has 1 aliphatic heterocycles. The second kappa shape index (κ2) is 7.82. The summed E-state index contributed by atoms with van der Waals surface area (Å²) in [6.45, 7) is 6.98. The molecule has 1 aliphatic rings. The Bertz CT molecular complexity index is 462. The Morgan fingerprint density at radius 2 is 2.10 bits per heavy atom. The number of nitrogens with one attached hydrogen (secondary N) is 2. The Morgan fingerprint density at radius 1 is 1.43 bits per heavy atom. The van der Waals surface area contributed by atoms with Gasteiger partial charge in [0.1, 0.15) is 5.76 Å². The summed E-state index contributed by atoms with van der Waals surface area (Å²) >= 11 is 0. The number of ether oxygens (including phenoxy) is 1. The predicted octanol–water partition coefficient (Wildman–Crippen LogP) is 2.06. The summed E-state index contributed by atoms with van der Waals surface area (Å²) in [5.74, 6) is 1.05. The molecule has 2 heterocycles. The lowest BCUT2D eigenvalue weighted by atomic mass is 9.79. The molecule has 1 aromatic rings. The van der Waals surface area contributed by atoms with Gasteiger partial charge in [0.25, 0.3) is 5.91 Å². The van der Waals surface area contributed by atoms with Crippen LogP contribution in [0, 0.1) is 19.3 Å². The smallest absolute Gasteiger partial charge is 0.287 e. The molecule has 0 unspecified atom stereocenters. The fraction of sp³-hybridized carbons (Fsp3) is 0.667. The molecular weight excluding hydrogens is 292 g/mol. The van der Waals surface area contributed by atoms with Crippen molar-refractivity contribution >= 4 is 18.3 Å². The van der Waals surface area contributed by atoms with Gasteiger partial charge in [-0.2, -0.15) is 0 Å². The molecule has 0 bridgehead atoms. The van der Waals surface area contributed by atoms with Gasteiger partial charge in [-0.1, -0.05) is 0 Å². The number of hydrogen-bond donors (Lipinski definition) is 2. The van der Waals surface area contributed by atoms with E-state index in [2.05, 4.69) is 10.6 Å². The molecule has 2 N–H and O–H groups in total. The molecule has 1 aromatic heterocycles. The number of hydrogen-bond acceptors (Lipinski definition) is 4. The van der Waals surface area contributed by atoms with Crippen LogP contribution in [0.3, 0.4) is 0 Å². The molecule has 120 valence electrons. The van der Waals surface area contributed by atoms with Gasteiger partial charge in [0.05, 0.1) is 6.61 Å². The van der Waals surface area contributed by atoms with Crippen LogP contribution >= 0.6 is 12.4 Å². The maximum absolute atomic E-state index is 12.2. The average molecular weight is 317 g/mol. The molecule has 1 saturated heterocycles. The number of furan rings is 1. The minimum absolute atomic E-state index is 0. The summed E-state index contributed by atoms with van der Waals surface area (Å²) in [5.41, 5.74) is 0.914. The Kier molecular flexibility index (Phi) is 6.71. The van der Waals surface area contributed by atoms with E-state index in [9.17, 15) is 4.79 Å². The van der Waals surface area contributed by atoms with Crippen LogP contribution in [-0.2, 0) is 4.74 Å². The number of rotatable bonds is 5. The maximum atomic E-state index is 12.2. The zero-order chi connectivity index (χ0) is 14.6. The monoisotopic (exact) mass is 316 g/mol. The maximum Gasteiger partial charge on any atom is 0.287 e. The SMILES string of the molecule is COCC1(CNC(=O)c2oc(C)cc2C)CCNCC1.Cl. The number of halogens is 1. The number of carbonyl (C=O) groups excluding carboxylic acids is 1. The molecule has 6 heteroatoms. The summed E-state index contributed by atoms with van der Waals surface area (Å²) < 4.78 is 10.8. The van der Waals surface area contributed by atoms with Crippen molar-refractivity contribution in [1.29, 1.82) is 0 Å². The van der Waals surface area contributed by atoms with Crippen molar-refractivity contribution in [1.82, 2.24) is 10.6 Å². The first kappa shape index (κ1) is 18.0. The molecule has 0 aliphatic carbocycles. The van der Waals surface area contributed by atoms with E-state index in [1.54, 1.807) is 7.11 Å². The summed E-state index contributed by atoms with van der Waals surface area (Å²) in [5, 5.41) is 6.35. The number of carbonyl (C=O) groups is 1. The zero-order valence-electron chi connectivity index (χ0n) is 13.0. The molecule has 5 nitrogen and oxygen atoms in total. The minimum atomic E-state index is -0.135. The third-order valence-corrected chi connectivity index (χ3v) is 3.99. The second-order valence-electron chi connectivity index (χ2n) is 5.73. The molecular formula is C15H25ClN2O3. The van der Waals surface area contributed by atoms with E-state index in [4.69, 9.17) is 9.15 Å². The number of amides is 1. The summed E-state index contributed by atoms with van der Waals surface area (Å²) in [6.07, 6.45) is 2.02. The summed E-state index contributed by atoms with van der Waals surface area (Å²) in [7, 11) is 1.71. The number of aryl methyl sites for hydroxylation is 2. The first-order chi connectivity index (χ1) is 9.56. The summed E-state index contributed by atoms with van der Waals surface area (Å²) in [4.78, 5) is 12.2. The van der Waals surface area contributed by atoms with Gasteiger partial charge in [0, 0.05) is 24.6 Å². The van der Waals surface area contributed by atoms with Crippen molar-refractivity contribution in [2.45, 2.75) is 26.7 Å². The highest BCUT2D eigenvalue weighted by molar-refractivity contribution is 5.92. The van der Waals surface area contributed by atoms with E-state index in [-0.39, 0.29) is 23.7 Å². The molecule has 0 radical (unpaired) electrons. The van der Waals surface area contributed by atoms with Gasteiger partial charge in [-0.05, 0) is 45.8 Å². The molecule has 1 fully saturated rings. The number of methoxy groups -OCH3 is 1. The van der Waals surface area contributed by atoms with Crippen LogP contribution in [0.4, 0.5) is 0 Å². The lowest BCUT2D eigenvalue weighted by Gasteiger charge is -2.37. The average Bonchev–Trinajstić information content (AvgIpc) is 2.77. The van der Waals surface area contributed by atoms with Gasteiger partial charge in [-0.15, -0.1) is 12.4 Å². The quantitative estimate of drug-likeness (QED) is 0.873. The van der Waals surface area contributed by atoms with Crippen LogP contribution < -0.4 is 10.6 Å². The van der Waals surface area contributed by atoms with Crippen LogP contribution in [0.1, 0.15) is 34.7 Å². The molecule has 21 heavy (non-hydrogen) atoms. The van der Waals surface area contributed by atoms with E-state index in [1.807, 2.05) is 19.9 Å². The van der Waals surface area contributed by atoms with Crippen molar-refractivity contribution in [3.05, 3.63) is 23.2 Å². The van der Waals surface area contributed by atoms with E-state index < -0.39 is 0 Å². The van der Waals surface area contributed by atoms with Crippen LogP contribution in [0.2, 0.25) is 0 Å². The highest BCUT2D eigenvalue weighted by Gasteiger charge is 2.33. The fourth-order valence-corrected chi connectivity index (χ4v) is 2.85. The first-order valence-electron chi connectivity index (χ1n) is 7.11. The Hall–Kier alpha value is -1.04. The Balaban J connectivity index is 0.00000220. The fourth-order valence-electron chi connectivity index (χ4n) is 2.85. The molecule has 0 aromatic carbocycles. The van der Waals surface area contributed by atoms with Crippen molar-refractivity contribution in [2.75, 3.05) is 33.4 Å². The first-order valence-corrected chi connectivity index (χ1v) is 7.11. The van der Waals surface area contributed by atoms with Crippen molar-refractivity contribution < 1.29 is 13.9 Å². The van der Waals surface area contributed by atoms with Crippen molar-refractivity contribution in [3.8, 4) is 0 Å². The second-order valence-corrected chi connectivity index (χ2v) is 5.73. The van der Waals surface area contributed by atoms with Gasteiger partial charge in [0.2, 0.25) is 0 Å². The highest BCUT2D eigenvalue weighted by atomic mass is 35.5. The van der Waals surface area contributed by atoms with Crippen LogP contribution in [0.15, 0.2) is 10.5 Å². The van der Waals surface area contributed by atoms with Gasteiger partial charge in [-0.25, -0.2) is 0 Å². The van der Waals surface area contributed by atoms with Gasteiger partial charge in [-0.3, -0.25) is 4.79 Å². The van der Waals surface area contributed by atoms with Gasteiger partial charge < -0.3 is 19.8 Å². The normalized spacial score (nSPS) is 17.1. The predicted molar refractivity (Wildman–Crippen MR) is 84.2 cm³/mol. The van der Waals surface area contributed by atoms with Crippen LogP contribution in [0.5, 0.6) is 0 Å². The Morgan fingerprint density at radius 3 is 2.62 bits per heavy atom. The molecule has 0 spiro atoms. The van der Waals surface area contributed by atoms with E-state index >= 15 is 0 Å². The van der Waals surface area contributed by atoms with Crippen molar-refractivity contribution in [3.63, 3.8) is 0 Å². The standard InChI is InChI=1S/C15H24N2O3.ClH/c1-11-8-12(2)20-13(11)14(18)17-9-15(10-19-3)4-6-16-7-5-15;/h8,16H,4-7,9-10H2,1-3H3,(H,17,18);1H. The lowest BCUT2D eigenvalue weighted by Crippen LogP contribution is -2.47. The lowest BCUT2D eigenvalue weighted by molar-refractivity contribution is 0.0506. The van der Waals surface area contributed by atoms with E-state index in [0.29, 0.717) is 18.9 Å². The van der Waals surface area contributed by atoms with Crippen molar-refractivity contribution in [2.24, 2.45) is 5.41 Å². The largest absolute Gasteiger partial charge is 0.456 e. The molecule has 0 atom stereocenters. The zero-order valence-corrected chi connectivity index (χ0v) is 13.8. The van der Waals surface area contributed by atoms with Crippen LogP contribution in [-0.4, -0.2) is 39.3 Å². The van der Waals surface area contributed by atoms with Gasteiger partial charge in [0.15, 0.2) is 5.76 Å². The van der Waals surface area contributed by atoms with E-state index in [1.165, 1.54) is 0 Å². The third-order valence-electron chi connectivity index (χ3n) is 3.99. The minimum Gasteiger partial charge on any atom is -0.456 e. The van der Waals surface area contributed by atoms with E-state index in [0.717, 1.165) is 37.3 Å². The third kappa shape index (κ3) is 4.46. The molecule has 2 rings (SSSR count). The highest BCUT2D eigenvalue weighted by Crippen LogP contribution is 2.28. The topological polar surface area (TPSA) is 63.5 Å². The van der Waals surface area contributed by atoms with Crippen LogP contribution in [0.25, 0.3) is 0 Å². The molecule has 1 amide bonds. The molecule has 0 saturated carbocycles. The number of piperidine rings is 1. The van der Waals surface area contributed by atoms with Gasteiger partial charge >= 0.3 is 0 Å². The Labute approximate surface area is 132 Å².